The van der Waals surface area contributed by atoms with E-state index in [0.29, 0.717) is 6.16 Å². The van der Waals surface area contributed by atoms with E-state index in [1.54, 1.807) is 6.66 Å². The van der Waals surface area contributed by atoms with Gasteiger partial charge in [0.2, 0.25) is 0 Å². The van der Waals surface area contributed by atoms with Crippen LogP contribution in [-0.4, -0.2) is 30.1 Å². The van der Waals surface area contributed by atoms with E-state index in [9.17, 15) is 9.36 Å². The average molecular weight is 254 g/mol. The molecule has 17 heavy (non-hydrogen) atoms. The number of aliphatic carboxylic acids is 1. The molecule has 94 valence electrons. The first-order chi connectivity index (χ1) is 7.99. The van der Waals surface area contributed by atoms with Crippen molar-refractivity contribution in [2.75, 3.05) is 19.0 Å². The Morgan fingerprint density at radius 1 is 1.24 bits per heavy atom. The molecule has 0 aliphatic heterocycles. The van der Waals surface area contributed by atoms with Crippen molar-refractivity contribution < 1.29 is 14.5 Å². The summed E-state index contributed by atoms with van der Waals surface area (Å²) in [6.07, 6.45) is 3.11. The molecule has 1 aromatic rings. The van der Waals surface area contributed by atoms with Gasteiger partial charge in [0.15, 0.2) is 0 Å². The van der Waals surface area contributed by atoms with Crippen molar-refractivity contribution in [1.29, 1.82) is 0 Å². The highest BCUT2D eigenvalue weighted by molar-refractivity contribution is 7.64. The maximum absolute atomic E-state index is 11.9. The summed E-state index contributed by atoms with van der Waals surface area (Å²) >= 11 is 0. The zero-order valence-electron chi connectivity index (χ0n) is 10.1. The second kappa shape index (κ2) is 6.61. The van der Waals surface area contributed by atoms with Crippen LogP contribution in [0.15, 0.2) is 30.3 Å². The number of unbranched alkanes of at least 4 members (excludes halogenated alkanes) is 1. The predicted molar refractivity (Wildman–Crippen MR) is 70.3 cm³/mol. The summed E-state index contributed by atoms with van der Waals surface area (Å²) in [7, 11) is -2.47. The lowest BCUT2D eigenvalue weighted by Crippen LogP contribution is -2.05. The number of rotatable bonds is 7. The summed E-state index contributed by atoms with van der Waals surface area (Å²) in [5.41, 5.74) is 1.27. The number of carbonyl (C=O) groups is 1. The summed E-state index contributed by atoms with van der Waals surface area (Å²) in [6.45, 7) is 1.59. The molecule has 1 unspecified atom stereocenters. The van der Waals surface area contributed by atoms with Crippen molar-refractivity contribution in [2.45, 2.75) is 19.3 Å². The lowest BCUT2D eigenvalue weighted by atomic mass is 10.1. The number of carboxylic acids is 1. The minimum absolute atomic E-state index is 0.182. The topological polar surface area (TPSA) is 54.4 Å². The molecule has 0 radical (unpaired) electrons. The van der Waals surface area contributed by atoms with E-state index in [-0.39, 0.29) is 6.16 Å². The van der Waals surface area contributed by atoms with Gasteiger partial charge in [-0.05, 0) is 31.5 Å². The lowest BCUT2D eigenvalue weighted by molar-refractivity contribution is -0.134. The first-order valence-electron chi connectivity index (χ1n) is 5.81. The van der Waals surface area contributed by atoms with Gasteiger partial charge in [0, 0.05) is 6.16 Å². The molecular formula is C13H19O3P. The molecule has 0 spiro atoms. The Kier molecular flexibility index (Phi) is 5.43. The van der Waals surface area contributed by atoms with Gasteiger partial charge in [-0.15, -0.1) is 0 Å². The van der Waals surface area contributed by atoms with Crippen molar-refractivity contribution in [3.8, 4) is 0 Å². The second-order valence-electron chi connectivity index (χ2n) is 4.51. The second-order valence-corrected chi connectivity index (χ2v) is 7.87. The fourth-order valence-electron chi connectivity index (χ4n) is 1.79. The first-order valence-corrected chi connectivity index (χ1v) is 8.33. The van der Waals surface area contributed by atoms with Crippen molar-refractivity contribution in [2.24, 2.45) is 0 Å². The first kappa shape index (κ1) is 14.0. The summed E-state index contributed by atoms with van der Waals surface area (Å²) in [5, 5.41) is 8.61. The standard InChI is InChI=1S/C13H19O3P/c1-17(16,11-13(14)15)10-6-5-9-12-7-3-2-4-8-12/h2-4,7-8H,5-6,9-11H2,1H3,(H,14,15). The molecule has 4 heteroatoms. The number of hydrogen-bond donors (Lipinski definition) is 1. The number of benzene rings is 1. The monoisotopic (exact) mass is 254 g/mol. The molecule has 0 fully saturated rings. The van der Waals surface area contributed by atoms with Crippen molar-refractivity contribution >= 4 is 13.1 Å². The van der Waals surface area contributed by atoms with E-state index in [2.05, 4.69) is 12.1 Å². The summed E-state index contributed by atoms with van der Waals surface area (Å²) < 4.78 is 11.9. The van der Waals surface area contributed by atoms with Crippen LogP contribution in [0.5, 0.6) is 0 Å². The Bertz CT molecular complexity index is 400. The van der Waals surface area contributed by atoms with Gasteiger partial charge < -0.3 is 9.67 Å². The summed E-state index contributed by atoms with van der Waals surface area (Å²) in [5.74, 6) is -0.959. The molecule has 1 N–H and O–H groups in total. The number of carboxylic acid groups (broad SMARTS) is 1. The molecule has 0 saturated heterocycles. The number of hydrogen-bond acceptors (Lipinski definition) is 2. The van der Waals surface area contributed by atoms with Crippen LogP contribution in [0.2, 0.25) is 0 Å². The summed E-state index contributed by atoms with van der Waals surface area (Å²) in [4.78, 5) is 10.5. The van der Waals surface area contributed by atoms with Crippen LogP contribution in [0.1, 0.15) is 18.4 Å². The normalized spacial score (nSPS) is 14.2. The van der Waals surface area contributed by atoms with Gasteiger partial charge in [0.1, 0.15) is 0 Å². The van der Waals surface area contributed by atoms with E-state index >= 15 is 0 Å². The van der Waals surface area contributed by atoms with E-state index < -0.39 is 13.1 Å². The van der Waals surface area contributed by atoms with Crippen LogP contribution in [0, 0.1) is 0 Å². The third kappa shape index (κ3) is 6.28. The van der Waals surface area contributed by atoms with Crippen LogP contribution in [0.4, 0.5) is 0 Å². The average Bonchev–Trinajstić information content (AvgIpc) is 2.24. The van der Waals surface area contributed by atoms with Gasteiger partial charge in [-0.3, -0.25) is 4.79 Å². The molecule has 0 saturated carbocycles. The highest BCUT2D eigenvalue weighted by Gasteiger charge is 2.18. The van der Waals surface area contributed by atoms with Crippen LogP contribution < -0.4 is 0 Å². The highest BCUT2D eigenvalue weighted by Crippen LogP contribution is 2.41. The molecule has 1 atom stereocenters. The van der Waals surface area contributed by atoms with Gasteiger partial charge in [-0.25, -0.2) is 0 Å². The third-order valence-electron chi connectivity index (χ3n) is 2.66. The Balaban J connectivity index is 2.24. The van der Waals surface area contributed by atoms with Crippen molar-refractivity contribution in [3.05, 3.63) is 35.9 Å². The molecule has 0 bridgehead atoms. The van der Waals surface area contributed by atoms with Crippen LogP contribution in [0.3, 0.4) is 0 Å². The molecule has 1 aromatic carbocycles. The molecule has 0 aliphatic rings. The summed E-state index contributed by atoms with van der Waals surface area (Å²) in [6, 6.07) is 10.1. The molecule has 1 rings (SSSR count). The van der Waals surface area contributed by atoms with Crippen molar-refractivity contribution in [3.63, 3.8) is 0 Å². The molecule has 0 aliphatic carbocycles. The molecule has 0 heterocycles. The van der Waals surface area contributed by atoms with E-state index in [1.165, 1.54) is 5.56 Å². The minimum atomic E-state index is -2.47. The largest absolute Gasteiger partial charge is 0.481 e. The van der Waals surface area contributed by atoms with Gasteiger partial charge in [-0.1, -0.05) is 30.3 Å². The van der Waals surface area contributed by atoms with E-state index in [0.717, 1.165) is 19.3 Å². The third-order valence-corrected chi connectivity index (χ3v) is 4.86. The molecular weight excluding hydrogens is 235 g/mol. The van der Waals surface area contributed by atoms with Crippen LogP contribution >= 0.6 is 7.14 Å². The van der Waals surface area contributed by atoms with Crippen molar-refractivity contribution in [1.82, 2.24) is 0 Å². The lowest BCUT2D eigenvalue weighted by Gasteiger charge is -2.09. The quantitative estimate of drug-likeness (QED) is 0.601. The Hall–Kier alpha value is -1.08. The Morgan fingerprint density at radius 2 is 1.88 bits per heavy atom. The van der Waals surface area contributed by atoms with Crippen LogP contribution in [-0.2, 0) is 15.8 Å². The zero-order valence-corrected chi connectivity index (χ0v) is 11.0. The van der Waals surface area contributed by atoms with Gasteiger partial charge in [0.05, 0.1) is 13.3 Å². The van der Waals surface area contributed by atoms with E-state index in [1.807, 2.05) is 18.2 Å². The molecule has 0 aromatic heterocycles. The molecule has 3 nitrogen and oxygen atoms in total. The fraction of sp³-hybridized carbons (Fsp3) is 0.462. The van der Waals surface area contributed by atoms with E-state index in [4.69, 9.17) is 5.11 Å². The maximum atomic E-state index is 11.9. The molecule has 0 amide bonds. The smallest absolute Gasteiger partial charge is 0.310 e. The van der Waals surface area contributed by atoms with Gasteiger partial charge in [0.25, 0.3) is 0 Å². The van der Waals surface area contributed by atoms with Crippen LogP contribution in [0.25, 0.3) is 0 Å². The fourth-order valence-corrected chi connectivity index (χ4v) is 3.41. The minimum Gasteiger partial charge on any atom is -0.481 e. The predicted octanol–water partition coefficient (Wildman–Crippen LogP) is 3.09. The Labute approximate surface area is 102 Å². The van der Waals surface area contributed by atoms with Gasteiger partial charge in [-0.2, -0.15) is 0 Å². The zero-order chi connectivity index (χ0) is 12.7. The van der Waals surface area contributed by atoms with Gasteiger partial charge >= 0.3 is 5.97 Å². The highest BCUT2D eigenvalue weighted by atomic mass is 31.2. The Morgan fingerprint density at radius 3 is 2.47 bits per heavy atom. The maximum Gasteiger partial charge on any atom is 0.310 e. The number of aryl methyl sites for hydroxylation is 1. The SMILES string of the molecule is CP(=O)(CCCCc1ccccc1)CC(=O)O.